The summed E-state index contributed by atoms with van der Waals surface area (Å²) < 4.78 is 17.8. The van der Waals surface area contributed by atoms with E-state index in [1.54, 1.807) is 60.3 Å². The predicted octanol–water partition coefficient (Wildman–Crippen LogP) is 4.16. The number of alkyl carbamates (subject to hydrolysis) is 1. The fourth-order valence-electron chi connectivity index (χ4n) is 4.03. The van der Waals surface area contributed by atoms with E-state index in [4.69, 9.17) is 14.2 Å². The van der Waals surface area contributed by atoms with Crippen LogP contribution in [0.4, 0.5) is 10.5 Å². The minimum atomic E-state index is -1.42. The highest BCUT2D eigenvalue weighted by Gasteiger charge is 2.35. The molecule has 0 aliphatic carbocycles. The molecular formula is C33H44N6O7S. The van der Waals surface area contributed by atoms with Crippen LogP contribution in [0.15, 0.2) is 67.0 Å². The second kappa shape index (κ2) is 16.3. The molecule has 1 aromatic heterocycles. The van der Waals surface area contributed by atoms with Gasteiger partial charge in [0.1, 0.15) is 28.2 Å². The first kappa shape index (κ1) is 36.9. The van der Waals surface area contributed by atoms with Gasteiger partial charge in [-0.05, 0) is 69.8 Å². The fraction of sp³-hybridized carbons (Fsp3) is 0.424. The molecule has 2 aromatic carbocycles. The summed E-state index contributed by atoms with van der Waals surface area (Å²) in [6.45, 7) is 8.19. The lowest BCUT2D eigenvalue weighted by atomic mass is 10.0. The largest absolute Gasteiger partial charge is 0.497 e. The van der Waals surface area contributed by atoms with Crippen molar-refractivity contribution in [2.75, 3.05) is 33.1 Å². The Kier molecular flexibility index (Phi) is 12.8. The third-order valence-corrected chi connectivity index (χ3v) is 7.62. The van der Waals surface area contributed by atoms with Crippen molar-refractivity contribution in [1.29, 1.82) is 0 Å². The van der Waals surface area contributed by atoms with E-state index in [0.29, 0.717) is 11.4 Å². The van der Waals surface area contributed by atoms with E-state index < -0.39 is 40.3 Å². The molecule has 0 radical (unpaired) electrons. The van der Waals surface area contributed by atoms with Crippen molar-refractivity contribution in [2.45, 2.75) is 63.7 Å². The number of hydrogen-bond donors (Lipinski definition) is 3. The van der Waals surface area contributed by atoms with Crippen LogP contribution in [0.2, 0.25) is 0 Å². The Morgan fingerprint density at radius 2 is 1.64 bits per heavy atom. The lowest BCUT2D eigenvalue weighted by Gasteiger charge is -2.29. The molecule has 254 valence electrons. The van der Waals surface area contributed by atoms with Gasteiger partial charge in [-0.3, -0.25) is 14.4 Å². The Morgan fingerprint density at radius 3 is 2.23 bits per heavy atom. The molecule has 13 nitrogen and oxygen atoms in total. The van der Waals surface area contributed by atoms with Crippen LogP contribution >= 0.6 is 11.9 Å². The highest BCUT2D eigenvalue weighted by molar-refractivity contribution is 7.98. The van der Waals surface area contributed by atoms with Gasteiger partial charge in [-0.25, -0.2) is 8.88 Å². The zero-order valence-electron chi connectivity index (χ0n) is 28.0. The van der Waals surface area contributed by atoms with Gasteiger partial charge in [0.2, 0.25) is 17.7 Å². The number of nitrogens with one attached hydrogen (secondary N) is 3. The number of benzene rings is 2. The number of ether oxygens (including phenoxy) is 3. The van der Waals surface area contributed by atoms with Gasteiger partial charge in [0.25, 0.3) is 0 Å². The van der Waals surface area contributed by atoms with Crippen LogP contribution < -0.4 is 20.7 Å². The number of methoxy groups -OCH3 is 1. The summed E-state index contributed by atoms with van der Waals surface area (Å²) >= 11 is 1.16. The van der Waals surface area contributed by atoms with Crippen molar-refractivity contribution < 1.29 is 33.4 Å². The first-order valence-electron chi connectivity index (χ1n) is 14.9. The van der Waals surface area contributed by atoms with Crippen LogP contribution in [0.1, 0.15) is 51.0 Å². The third-order valence-electron chi connectivity index (χ3n) is 6.52. The number of rotatable bonds is 14. The molecule has 0 fully saturated rings. The highest BCUT2D eigenvalue weighted by atomic mass is 32.2. The molecule has 0 saturated carbocycles. The number of carbonyl (C=O) groups excluding carboxylic acids is 4. The van der Waals surface area contributed by atoms with Gasteiger partial charge in [-0.2, -0.15) is 5.10 Å². The molecular weight excluding hydrogens is 624 g/mol. The molecule has 3 N–H and O–H groups in total. The fourth-order valence-corrected chi connectivity index (χ4v) is 5.10. The summed E-state index contributed by atoms with van der Waals surface area (Å²) in [5.74, 6) is -0.679. The smallest absolute Gasteiger partial charge is 0.408 e. The SMILES string of the molecule is COc1ccc(C(Sn2cc(NC(=O)[C@@H](COCc3ccccc3)NC(=O)C(C)(C)NC(=O)OC(C)(C)C)cn2)C(=O)N(C)C)cc1. The van der Waals surface area contributed by atoms with E-state index in [9.17, 15) is 19.2 Å². The molecule has 14 heteroatoms. The van der Waals surface area contributed by atoms with Gasteiger partial charge in [0.05, 0.1) is 38.4 Å². The maximum atomic E-state index is 13.5. The van der Waals surface area contributed by atoms with Gasteiger partial charge in [-0.1, -0.05) is 42.5 Å². The lowest BCUT2D eigenvalue weighted by molar-refractivity contribution is -0.131. The Balaban J connectivity index is 1.74. The second-order valence-electron chi connectivity index (χ2n) is 12.4. The zero-order chi connectivity index (χ0) is 34.8. The minimum Gasteiger partial charge on any atom is -0.497 e. The summed E-state index contributed by atoms with van der Waals surface area (Å²) in [6.07, 6.45) is 2.23. The molecule has 3 aromatic rings. The first-order valence-corrected chi connectivity index (χ1v) is 15.7. The molecule has 0 saturated heterocycles. The normalized spacial score (nSPS) is 12.8. The van der Waals surface area contributed by atoms with Gasteiger partial charge < -0.3 is 35.1 Å². The van der Waals surface area contributed by atoms with E-state index >= 15 is 0 Å². The molecule has 3 rings (SSSR count). The molecule has 1 heterocycles. The quantitative estimate of drug-likeness (QED) is 0.230. The minimum absolute atomic E-state index is 0.151. The number of hydrogen-bond acceptors (Lipinski definition) is 9. The topological polar surface area (TPSA) is 153 Å². The Bertz CT molecular complexity index is 1500. The van der Waals surface area contributed by atoms with Gasteiger partial charge >= 0.3 is 6.09 Å². The average Bonchev–Trinajstić information content (AvgIpc) is 3.44. The number of amides is 4. The number of anilines is 1. The summed E-state index contributed by atoms with van der Waals surface area (Å²) in [7, 11) is 4.92. The molecule has 2 atom stereocenters. The molecule has 0 aliphatic rings. The van der Waals surface area contributed by atoms with Crippen LogP contribution in [0.25, 0.3) is 0 Å². The zero-order valence-corrected chi connectivity index (χ0v) is 28.8. The van der Waals surface area contributed by atoms with E-state index in [2.05, 4.69) is 21.0 Å². The van der Waals surface area contributed by atoms with Crippen molar-refractivity contribution in [2.24, 2.45) is 0 Å². The molecule has 1 unspecified atom stereocenters. The molecule has 0 spiro atoms. The summed E-state index contributed by atoms with van der Waals surface area (Å²) in [5.41, 5.74) is -0.209. The van der Waals surface area contributed by atoms with Crippen molar-refractivity contribution in [3.63, 3.8) is 0 Å². The van der Waals surface area contributed by atoms with Crippen molar-refractivity contribution in [3.05, 3.63) is 78.1 Å². The predicted molar refractivity (Wildman–Crippen MR) is 180 cm³/mol. The summed E-state index contributed by atoms with van der Waals surface area (Å²) in [4.78, 5) is 53.8. The molecule has 4 amide bonds. The van der Waals surface area contributed by atoms with E-state index in [0.717, 1.165) is 23.1 Å². The molecule has 47 heavy (non-hydrogen) atoms. The van der Waals surface area contributed by atoms with Gasteiger partial charge in [0, 0.05) is 14.1 Å². The number of carbonyl (C=O) groups is 4. The van der Waals surface area contributed by atoms with Crippen LogP contribution in [-0.4, -0.2) is 82.9 Å². The van der Waals surface area contributed by atoms with Crippen molar-refractivity contribution in [3.8, 4) is 5.75 Å². The van der Waals surface area contributed by atoms with Crippen molar-refractivity contribution >= 4 is 41.5 Å². The number of aromatic nitrogens is 2. The second-order valence-corrected chi connectivity index (χ2v) is 13.4. The Hall–Kier alpha value is -4.56. The Labute approximate surface area is 279 Å². The van der Waals surface area contributed by atoms with Gasteiger partial charge in [-0.15, -0.1) is 0 Å². The summed E-state index contributed by atoms with van der Waals surface area (Å²) in [5, 5.41) is 11.7. The van der Waals surface area contributed by atoms with Crippen LogP contribution in [0, 0.1) is 0 Å². The van der Waals surface area contributed by atoms with E-state index in [-0.39, 0.29) is 19.1 Å². The van der Waals surface area contributed by atoms with E-state index in [1.165, 1.54) is 29.0 Å². The number of likely N-dealkylation sites (N-methyl/N-ethyl adjacent to an activating group) is 1. The monoisotopic (exact) mass is 668 g/mol. The summed E-state index contributed by atoms with van der Waals surface area (Å²) in [6, 6.07) is 15.4. The van der Waals surface area contributed by atoms with Gasteiger partial charge in [0.15, 0.2) is 0 Å². The maximum Gasteiger partial charge on any atom is 0.408 e. The molecule has 0 aliphatic heterocycles. The average molecular weight is 669 g/mol. The maximum absolute atomic E-state index is 13.5. The third kappa shape index (κ3) is 11.6. The van der Waals surface area contributed by atoms with Crippen LogP contribution in [-0.2, 0) is 30.5 Å². The highest BCUT2D eigenvalue weighted by Crippen LogP contribution is 2.33. The Morgan fingerprint density at radius 1 is 0.979 bits per heavy atom. The first-order chi connectivity index (χ1) is 22.1. The lowest BCUT2D eigenvalue weighted by Crippen LogP contribution is -2.59. The van der Waals surface area contributed by atoms with Crippen LogP contribution in [0.5, 0.6) is 5.75 Å². The van der Waals surface area contributed by atoms with Crippen molar-refractivity contribution in [1.82, 2.24) is 24.7 Å². The number of nitrogens with zero attached hydrogens (tertiary/aromatic N) is 3. The standard InChI is InChI=1S/C33H44N6O7S/c1-32(2,3)46-31(43)37-33(4,5)30(42)36-26(21-45-20-22-12-10-9-11-13-22)28(40)35-24-18-34-39(19-24)47-27(29(41)38(6)7)23-14-16-25(44-8)17-15-23/h9-19,26-27H,20-21H2,1-8H3,(H,35,40)(H,36,42)(H,37,43)/t26-,27?/m1/s1. The van der Waals surface area contributed by atoms with Crippen LogP contribution in [0.3, 0.4) is 0 Å². The molecule has 0 bridgehead atoms. The van der Waals surface area contributed by atoms with E-state index in [1.807, 2.05) is 42.5 Å².